The second kappa shape index (κ2) is 5.35. The van der Waals surface area contributed by atoms with Crippen LogP contribution in [-0.2, 0) is 6.54 Å². The van der Waals surface area contributed by atoms with Crippen molar-refractivity contribution in [3.05, 3.63) is 42.0 Å². The number of hydrogen-bond acceptors (Lipinski definition) is 5. The van der Waals surface area contributed by atoms with Crippen LogP contribution < -0.4 is 0 Å². The Hall–Kier alpha value is -2.70. The van der Waals surface area contributed by atoms with Crippen molar-refractivity contribution in [3.63, 3.8) is 0 Å². The van der Waals surface area contributed by atoms with Gasteiger partial charge in [-0.2, -0.15) is 0 Å². The number of benzene rings is 1. The first-order valence-electron chi connectivity index (χ1n) is 6.61. The first-order chi connectivity index (χ1) is 10.2. The van der Waals surface area contributed by atoms with Gasteiger partial charge in [0.25, 0.3) is 5.91 Å². The normalized spacial score (nSPS) is 11.0. The summed E-state index contributed by atoms with van der Waals surface area (Å²) in [5, 5.41) is 7.26. The molecule has 0 aliphatic heterocycles. The van der Waals surface area contributed by atoms with Crippen LogP contribution in [0.15, 0.2) is 35.2 Å². The molecule has 7 heteroatoms. The summed E-state index contributed by atoms with van der Waals surface area (Å²) in [6.45, 7) is 2.90. The number of amides is 1. The molecule has 108 valence electrons. The van der Waals surface area contributed by atoms with Gasteiger partial charge in [0.15, 0.2) is 5.69 Å². The van der Waals surface area contributed by atoms with Gasteiger partial charge in [0.05, 0.1) is 17.4 Å². The zero-order chi connectivity index (χ0) is 14.8. The van der Waals surface area contributed by atoms with Crippen LogP contribution in [0.3, 0.4) is 0 Å². The van der Waals surface area contributed by atoms with Crippen molar-refractivity contribution >= 4 is 16.9 Å². The molecule has 1 aromatic carbocycles. The molecule has 2 aromatic heterocycles. The van der Waals surface area contributed by atoms with Crippen LogP contribution in [0.2, 0.25) is 0 Å². The minimum absolute atomic E-state index is 0.196. The summed E-state index contributed by atoms with van der Waals surface area (Å²) in [7, 11) is 1.73. The van der Waals surface area contributed by atoms with E-state index in [1.807, 2.05) is 28.8 Å². The molecule has 0 N–H and O–H groups in total. The van der Waals surface area contributed by atoms with Crippen molar-refractivity contribution in [3.8, 4) is 0 Å². The highest BCUT2D eigenvalue weighted by atomic mass is 16.6. The van der Waals surface area contributed by atoms with Crippen molar-refractivity contribution in [2.24, 2.45) is 0 Å². The van der Waals surface area contributed by atoms with Gasteiger partial charge in [0.2, 0.25) is 0 Å². The smallest absolute Gasteiger partial charge is 0.277 e. The van der Waals surface area contributed by atoms with Crippen LogP contribution >= 0.6 is 0 Å². The second-order valence-corrected chi connectivity index (χ2v) is 4.85. The van der Waals surface area contributed by atoms with Gasteiger partial charge in [-0.1, -0.05) is 17.3 Å². The maximum Gasteiger partial charge on any atom is 0.277 e. The van der Waals surface area contributed by atoms with E-state index in [1.165, 1.54) is 0 Å². The Morgan fingerprint density at radius 2 is 2.14 bits per heavy atom. The molecule has 3 aromatic rings. The second-order valence-electron chi connectivity index (χ2n) is 4.85. The number of hydrogen-bond donors (Lipinski definition) is 0. The number of nitrogens with zero attached hydrogens (tertiary/aromatic N) is 5. The first kappa shape index (κ1) is 13.3. The number of para-hydroxylation sites is 2. The van der Waals surface area contributed by atoms with Gasteiger partial charge in [-0.05, 0) is 24.2 Å². The fourth-order valence-electron chi connectivity index (χ4n) is 2.15. The lowest BCUT2D eigenvalue weighted by molar-refractivity contribution is 0.0779. The van der Waals surface area contributed by atoms with E-state index in [0.29, 0.717) is 18.8 Å². The third kappa shape index (κ3) is 2.49. The third-order valence-corrected chi connectivity index (χ3v) is 3.41. The van der Waals surface area contributed by atoms with E-state index in [1.54, 1.807) is 25.2 Å². The molecule has 0 atom stereocenters. The fourth-order valence-corrected chi connectivity index (χ4v) is 2.15. The highest BCUT2D eigenvalue weighted by Gasteiger charge is 2.19. The molecule has 0 aliphatic carbocycles. The Kier molecular flexibility index (Phi) is 3.39. The molecule has 0 spiro atoms. The molecule has 3 rings (SSSR count). The molecular weight excluding hydrogens is 270 g/mol. The molecule has 7 nitrogen and oxygen atoms in total. The molecule has 0 unspecified atom stereocenters. The first-order valence-corrected chi connectivity index (χ1v) is 6.61. The number of fused-ring (bicyclic) bond motifs is 1. The minimum Gasteiger partial charge on any atom is -0.338 e. The average Bonchev–Trinajstić information content (AvgIpc) is 3.10. The summed E-state index contributed by atoms with van der Waals surface area (Å²) >= 11 is 0. The maximum absolute atomic E-state index is 12.2. The SMILES string of the molecule is Cc1nonc1C(=O)N(C)CCn1cnc2ccccc21. The Morgan fingerprint density at radius 3 is 2.90 bits per heavy atom. The van der Waals surface area contributed by atoms with Crippen LogP contribution in [0.5, 0.6) is 0 Å². The molecular formula is C14H15N5O2. The Morgan fingerprint density at radius 1 is 1.33 bits per heavy atom. The third-order valence-electron chi connectivity index (χ3n) is 3.41. The molecule has 0 saturated carbocycles. The van der Waals surface area contributed by atoms with Crippen molar-refractivity contribution < 1.29 is 9.42 Å². The monoisotopic (exact) mass is 285 g/mol. The molecule has 0 radical (unpaired) electrons. The van der Waals surface area contributed by atoms with Crippen LogP contribution in [0.1, 0.15) is 16.2 Å². The van der Waals surface area contributed by atoms with Gasteiger partial charge in [-0.25, -0.2) is 9.61 Å². The summed E-state index contributed by atoms with van der Waals surface area (Å²) < 4.78 is 6.58. The molecule has 0 aliphatic rings. The highest BCUT2D eigenvalue weighted by Crippen LogP contribution is 2.12. The number of carbonyl (C=O) groups is 1. The summed E-state index contributed by atoms with van der Waals surface area (Å²) in [5.41, 5.74) is 2.76. The molecule has 2 heterocycles. The van der Waals surface area contributed by atoms with Crippen molar-refractivity contribution in [1.29, 1.82) is 0 Å². The van der Waals surface area contributed by atoms with E-state index in [4.69, 9.17) is 0 Å². The number of carbonyl (C=O) groups excluding carboxylic acids is 1. The molecule has 0 bridgehead atoms. The largest absolute Gasteiger partial charge is 0.338 e. The zero-order valence-electron chi connectivity index (χ0n) is 11.9. The average molecular weight is 285 g/mol. The molecule has 0 fully saturated rings. The maximum atomic E-state index is 12.2. The van der Waals surface area contributed by atoms with E-state index in [-0.39, 0.29) is 11.6 Å². The molecule has 0 saturated heterocycles. The van der Waals surface area contributed by atoms with Crippen molar-refractivity contribution in [2.75, 3.05) is 13.6 Å². The number of likely N-dealkylation sites (N-methyl/N-ethyl adjacent to an activating group) is 1. The van der Waals surface area contributed by atoms with E-state index in [9.17, 15) is 4.79 Å². The summed E-state index contributed by atoms with van der Waals surface area (Å²) in [5.74, 6) is -0.196. The summed E-state index contributed by atoms with van der Waals surface area (Å²) in [6, 6.07) is 7.90. The van der Waals surface area contributed by atoms with E-state index in [0.717, 1.165) is 11.0 Å². The lowest BCUT2D eigenvalue weighted by Gasteiger charge is -2.16. The van der Waals surface area contributed by atoms with E-state index in [2.05, 4.69) is 19.9 Å². The van der Waals surface area contributed by atoms with Crippen LogP contribution in [-0.4, -0.2) is 44.3 Å². The van der Waals surface area contributed by atoms with E-state index >= 15 is 0 Å². The Bertz CT molecular complexity index is 776. The van der Waals surface area contributed by atoms with Gasteiger partial charge in [0, 0.05) is 20.1 Å². The van der Waals surface area contributed by atoms with Gasteiger partial charge in [0.1, 0.15) is 5.69 Å². The van der Waals surface area contributed by atoms with Gasteiger partial charge in [-0.15, -0.1) is 0 Å². The quantitative estimate of drug-likeness (QED) is 0.726. The van der Waals surface area contributed by atoms with Crippen LogP contribution in [0, 0.1) is 6.92 Å². The van der Waals surface area contributed by atoms with Crippen molar-refractivity contribution in [1.82, 2.24) is 24.8 Å². The summed E-state index contributed by atoms with van der Waals surface area (Å²) in [6.07, 6.45) is 1.78. The number of imidazole rings is 1. The van der Waals surface area contributed by atoms with E-state index < -0.39 is 0 Å². The van der Waals surface area contributed by atoms with Crippen molar-refractivity contribution in [2.45, 2.75) is 13.5 Å². The highest BCUT2D eigenvalue weighted by molar-refractivity contribution is 5.92. The minimum atomic E-state index is -0.196. The Labute approximate surface area is 121 Å². The van der Waals surface area contributed by atoms with Gasteiger partial charge < -0.3 is 9.47 Å². The zero-order valence-corrected chi connectivity index (χ0v) is 11.9. The van der Waals surface area contributed by atoms with Gasteiger partial charge >= 0.3 is 0 Å². The predicted octanol–water partition coefficient (Wildman–Crippen LogP) is 1.50. The number of aryl methyl sites for hydroxylation is 1. The number of aromatic nitrogens is 4. The van der Waals surface area contributed by atoms with Gasteiger partial charge in [-0.3, -0.25) is 4.79 Å². The predicted molar refractivity (Wildman–Crippen MR) is 75.7 cm³/mol. The Balaban J connectivity index is 1.70. The van der Waals surface area contributed by atoms with Crippen LogP contribution in [0.4, 0.5) is 0 Å². The lowest BCUT2D eigenvalue weighted by atomic mass is 10.3. The molecule has 21 heavy (non-hydrogen) atoms. The number of rotatable bonds is 4. The lowest BCUT2D eigenvalue weighted by Crippen LogP contribution is -2.30. The fraction of sp³-hybridized carbons (Fsp3) is 0.286. The standard InChI is InChI=1S/C14H15N5O2/c1-10-13(17-21-16-10)14(20)18(2)7-8-19-9-15-11-5-3-4-6-12(11)19/h3-6,9H,7-8H2,1-2H3. The topological polar surface area (TPSA) is 77.0 Å². The van der Waals surface area contributed by atoms with Crippen LogP contribution in [0.25, 0.3) is 11.0 Å². The molecule has 1 amide bonds. The summed E-state index contributed by atoms with van der Waals surface area (Å²) in [4.78, 5) is 18.1.